The van der Waals surface area contributed by atoms with Gasteiger partial charge in [-0.05, 0) is 47.8 Å². The fourth-order valence-corrected chi connectivity index (χ4v) is 5.14. The van der Waals surface area contributed by atoms with Crippen molar-refractivity contribution in [2.24, 2.45) is 23.7 Å². The van der Waals surface area contributed by atoms with Gasteiger partial charge in [0.05, 0.1) is 0 Å². The topological polar surface area (TPSA) is 21.7 Å². The molecular formula is C19H25NO2. The predicted octanol–water partition coefficient (Wildman–Crippen LogP) is 3.67. The third-order valence-electron chi connectivity index (χ3n) is 6.37. The number of hydrogen-bond donors (Lipinski definition) is 0. The van der Waals surface area contributed by atoms with Crippen LogP contribution in [0.3, 0.4) is 0 Å². The Balaban J connectivity index is 1.15. The van der Waals surface area contributed by atoms with E-state index in [1.165, 1.54) is 50.8 Å². The van der Waals surface area contributed by atoms with Crippen LogP contribution in [-0.4, -0.2) is 24.8 Å². The minimum absolute atomic E-state index is 0.371. The van der Waals surface area contributed by atoms with Crippen LogP contribution in [0.15, 0.2) is 18.2 Å². The zero-order chi connectivity index (χ0) is 14.5. The minimum Gasteiger partial charge on any atom is -0.454 e. The molecule has 2 aliphatic heterocycles. The van der Waals surface area contributed by atoms with Gasteiger partial charge in [-0.1, -0.05) is 31.7 Å². The van der Waals surface area contributed by atoms with E-state index in [9.17, 15) is 0 Å². The fraction of sp³-hybridized carbons (Fsp3) is 0.684. The zero-order valence-electron chi connectivity index (χ0n) is 13.2. The van der Waals surface area contributed by atoms with Crippen molar-refractivity contribution in [3.8, 4) is 11.5 Å². The van der Waals surface area contributed by atoms with Crippen LogP contribution in [0.1, 0.15) is 37.7 Å². The highest BCUT2D eigenvalue weighted by molar-refractivity contribution is 5.44. The van der Waals surface area contributed by atoms with Crippen LogP contribution in [0, 0.1) is 23.7 Å². The van der Waals surface area contributed by atoms with E-state index in [-0.39, 0.29) is 0 Å². The molecule has 2 saturated carbocycles. The average Bonchev–Trinajstić information content (AvgIpc) is 3.03. The molecule has 0 spiro atoms. The number of hydrogen-bond acceptors (Lipinski definition) is 3. The molecular weight excluding hydrogens is 274 g/mol. The Hall–Kier alpha value is -1.22. The molecule has 22 heavy (non-hydrogen) atoms. The Morgan fingerprint density at radius 1 is 1.00 bits per heavy atom. The fourth-order valence-electron chi connectivity index (χ4n) is 5.14. The highest BCUT2D eigenvalue weighted by Gasteiger charge is 2.55. The van der Waals surface area contributed by atoms with E-state index in [0.717, 1.165) is 41.7 Å². The van der Waals surface area contributed by atoms with Crippen LogP contribution >= 0.6 is 0 Å². The lowest BCUT2D eigenvalue weighted by Crippen LogP contribution is -2.24. The van der Waals surface area contributed by atoms with Gasteiger partial charge < -0.3 is 9.47 Å². The van der Waals surface area contributed by atoms with Gasteiger partial charge >= 0.3 is 0 Å². The van der Waals surface area contributed by atoms with E-state index in [1.807, 2.05) is 0 Å². The molecule has 0 aromatic heterocycles. The third-order valence-corrected chi connectivity index (χ3v) is 6.37. The Bertz CT molecular complexity index is 555. The van der Waals surface area contributed by atoms with Crippen molar-refractivity contribution in [3.63, 3.8) is 0 Å². The lowest BCUT2D eigenvalue weighted by atomic mass is 9.98. The summed E-state index contributed by atoms with van der Waals surface area (Å²) in [6, 6.07) is 6.40. The summed E-state index contributed by atoms with van der Waals surface area (Å²) in [6.45, 7) is 4.07. The minimum atomic E-state index is 0.371. The summed E-state index contributed by atoms with van der Waals surface area (Å²) in [7, 11) is 0. The molecule has 1 saturated heterocycles. The van der Waals surface area contributed by atoms with Gasteiger partial charge in [-0.25, -0.2) is 0 Å². The van der Waals surface area contributed by atoms with Crippen molar-refractivity contribution in [1.29, 1.82) is 0 Å². The third kappa shape index (κ3) is 2.30. The second-order valence-electron chi connectivity index (χ2n) is 7.76. The van der Waals surface area contributed by atoms with Crippen LogP contribution in [0.25, 0.3) is 0 Å². The largest absolute Gasteiger partial charge is 0.454 e. The molecule has 2 atom stereocenters. The van der Waals surface area contributed by atoms with Gasteiger partial charge in [-0.15, -0.1) is 0 Å². The van der Waals surface area contributed by atoms with E-state index in [1.54, 1.807) is 0 Å². The SMILES string of the molecule is c1cc2c(cc1CN1CC3C(CC4CCCC4)C3C1)OCO2. The van der Waals surface area contributed by atoms with Crippen LogP contribution in [0.5, 0.6) is 11.5 Å². The van der Waals surface area contributed by atoms with Crippen LogP contribution in [0.2, 0.25) is 0 Å². The van der Waals surface area contributed by atoms with Gasteiger partial charge in [-0.2, -0.15) is 0 Å². The maximum atomic E-state index is 5.48. The first kappa shape index (κ1) is 13.2. The number of piperidine rings is 1. The molecule has 2 unspecified atom stereocenters. The van der Waals surface area contributed by atoms with Gasteiger partial charge in [0, 0.05) is 19.6 Å². The van der Waals surface area contributed by atoms with Gasteiger partial charge in [-0.3, -0.25) is 4.90 Å². The standard InChI is InChI=1S/C19H25NO2/c1-2-4-13(3-1)7-15-16-10-20(11-17(15)16)9-14-5-6-18-19(8-14)22-12-21-18/h5-6,8,13,15-17H,1-4,7,9-12H2. The second kappa shape index (κ2) is 5.16. The van der Waals surface area contributed by atoms with E-state index >= 15 is 0 Å². The molecule has 0 radical (unpaired) electrons. The molecule has 4 aliphatic rings. The molecule has 0 bridgehead atoms. The molecule has 0 N–H and O–H groups in total. The molecule has 3 fully saturated rings. The van der Waals surface area contributed by atoms with Gasteiger partial charge in [0.1, 0.15) is 0 Å². The van der Waals surface area contributed by atoms with Crippen molar-refractivity contribution < 1.29 is 9.47 Å². The molecule has 5 rings (SSSR count). The number of nitrogens with zero attached hydrogens (tertiary/aromatic N) is 1. The smallest absolute Gasteiger partial charge is 0.231 e. The molecule has 2 aliphatic carbocycles. The molecule has 3 heteroatoms. The molecule has 1 aromatic carbocycles. The van der Waals surface area contributed by atoms with Gasteiger partial charge in [0.2, 0.25) is 6.79 Å². The van der Waals surface area contributed by atoms with Crippen LogP contribution in [-0.2, 0) is 6.54 Å². The normalized spacial score (nSPS) is 33.4. The highest BCUT2D eigenvalue weighted by atomic mass is 16.7. The van der Waals surface area contributed by atoms with Crippen LogP contribution in [0.4, 0.5) is 0 Å². The Labute approximate surface area is 132 Å². The van der Waals surface area contributed by atoms with E-state index < -0.39 is 0 Å². The summed E-state index contributed by atoms with van der Waals surface area (Å²) < 4.78 is 10.9. The van der Waals surface area contributed by atoms with E-state index in [2.05, 4.69) is 23.1 Å². The van der Waals surface area contributed by atoms with Crippen molar-refractivity contribution in [1.82, 2.24) is 4.90 Å². The second-order valence-corrected chi connectivity index (χ2v) is 7.76. The summed E-state index contributed by atoms with van der Waals surface area (Å²) in [5.74, 6) is 5.96. The number of ether oxygens (including phenoxy) is 2. The molecule has 2 heterocycles. The number of likely N-dealkylation sites (tertiary alicyclic amines) is 1. The van der Waals surface area contributed by atoms with Crippen LogP contribution < -0.4 is 9.47 Å². The highest BCUT2D eigenvalue weighted by Crippen LogP contribution is 2.56. The molecule has 1 aromatic rings. The lowest BCUT2D eigenvalue weighted by molar-refractivity contribution is 0.174. The van der Waals surface area contributed by atoms with Crippen molar-refractivity contribution >= 4 is 0 Å². The molecule has 0 amide bonds. The van der Waals surface area contributed by atoms with Crippen molar-refractivity contribution in [3.05, 3.63) is 23.8 Å². The summed E-state index contributed by atoms with van der Waals surface area (Å²) in [6.07, 6.45) is 7.53. The number of fused-ring (bicyclic) bond motifs is 2. The Morgan fingerprint density at radius 2 is 1.77 bits per heavy atom. The monoisotopic (exact) mass is 299 g/mol. The Morgan fingerprint density at radius 3 is 2.59 bits per heavy atom. The number of benzene rings is 1. The maximum absolute atomic E-state index is 5.48. The summed E-state index contributed by atoms with van der Waals surface area (Å²) in [5, 5.41) is 0. The van der Waals surface area contributed by atoms with Gasteiger partial charge in [0.25, 0.3) is 0 Å². The zero-order valence-corrected chi connectivity index (χ0v) is 13.2. The van der Waals surface area contributed by atoms with Crippen molar-refractivity contribution in [2.75, 3.05) is 19.9 Å². The molecule has 118 valence electrons. The summed E-state index contributed by atoms with van der Waals surface area (Å²) >= 11 is 0. The number of rotatable bonds is 4. The van der Waals surface area contributed by atoms with E-state index in [4.69, 9.17) is 9.47 Å². The first-order chi connectivity index (χ1) is 10.9. The van der Waals surface area contributed by atoms with E-state index in [0.29, 0.717) is 6.79 Å². The predicted molar refractivity (Wildman–Crippen MR) is 84.9 cm³/mol. The summed E-state index contributed by atoms with van der Waals surface area (Å²) in [5.41, 5.74) is 1.36. The lowest BCUT2D eigenvalue weighted by Gasteiger charge is -2.20. The van der Waals surface area contributed by atoms with Crippen molar-refractivity contribution in [2.45, 2.75) is 38.6 Å². The summed E-state index contributed by atoms with van der Waals surface area (Å²) in [4.78, 5) is 2.64. The maximum Gasteiger partial charge on any atom is 0.231 e. The Kier molecular flexibility index (Phi) is 3.10. The quantitative estimate of drug-likeness (QED) is 0.846. The molecule has 3 nitrogen and oxygen atoms in total. The average molecular weight is 299 g/mol. The first-order valence-electron chi connectivity index (χ1n) is 8.98. The van der Waals surface area contributed by atoms with Gasteiger partial charge in [0.15, 0.2) is 11.5 Å². The first-order valence-corrected chi connectivity index (χ1v) is 8.98.